The van der Waals surface area contributed by atoms with Gasteiger partial charge in [0.2, 0.25) is 0 Å². The van der Waals surface area contributed by atoms with Gasteiger partial charge in [-0.1, -0.05) is 37.0 Å². The summed E-state index contributed by atoms with van der Waals surface area (Å²) in [4.78, 5) is 0. The average Bonchev–Trinajstić information content (AvgIpc) is 2.28. The van der Waals surface area contributed by atoms with Crippen molar-refractivity contribution in [1.29, 1.82) is 0 Å². The first-order valence-corrected chi connectivity index (χ1v) is 5.14. The van der Waals surface area contributed by atoms with Gasteiger partial charge < -0.3 is 9.84 Å². The lowest BCUT2D eigenvalue weighted by Gasteiger charge is -2.04. The van der Waals surface area contributed by atoms with Gasteiger partial charge in [-0.15, -0.1) is 0 Å². The molecule has 0 heterocycles. The van der Waals surface area contributed by atoms with Crippen LogP contribution in [0.15, 0.2) is 24.3 Å². The van der Waals surface area contributed by atoms with Crippen LogP contribution < -0.4 is 0 Å². The maximum Gasteiger partial charge on any atom is 0.104 e. The molecule has 1 aromatic carbocycles. The molecule has 0 radical (unpaired) electrons. The third kappa shape index (κ3) is 4.16. The van der Waals surface area contributed by atoms with Gasteiger partial charge in [0, 0.05) is 12.2 Å². The Balaban J connectivity index is 2.68. The van der Waals surface area contributed by atoms with E-state index in [1.807, 2.05) is 24.3 Å². The second-order valence-electron chi connectivity index (χ2n) is 3.17. The van der Waals surface area contributed by atoms with Gasteiger partial charge in [0.15, 0.2) is 0 Å². The SMILES string of the molecule is CCCOCc1ccccc1C#CCO. The molecule has 2 heteroatoms. The van der Waals surface area contributed by atoms with Crippen LogP contribution in [0.2, 0.25) is 0 Å². The number of aliphatic hydroxyl groups is 1. The highest BCUT2D eigenvalue weighted by molar-refractivity contribution is 5.40. The van der Waals surface area contributed by atoms with Crippen LogP contribution in [0.4, 0.5) is 0 Å². The lowest BCUT2D eigenvalue weighted by atomic mass is 10.1. The van der Waals surface area contributed by atoms with E-state index in [1.54, 1.807) is 0 Å². The standard InChI is InChI=1S/C13H16O2/c1-2-10-15-11-13-7-4-3-6-12(13)8-5-9-14/h3-4,6-7,14H,2,9-11H2,1H3. The van der Waals surface area contributed by atoms with E-state index in [2.05, 4.69) is 18.8 Å². The predicted molar refractivity (Wildman–Crippen MR) is 60.4 cm³/mol. The summed E-state index contributed by atoms with van der Waals surface area (Å²) in [5.74, 6) is 5.56. The number of benzene rings is 1. The molecule has 0 unspecified atom stereocenters. The Labute approximate surface area is 90.9 Å². The summed E-state index contributed by atoms with van der Waals surface area (Å²) >= 11 is 0. The van der Waals surface area contributed by atoms with Crippen LogP contribution in [0.1, 0.15) is 24.5 Å². The molecule has 80 valence electrons. The monoisotopic (exact) mass is 204 g/mol. The Bertz CT molecular complexity index is 347. The van der Waals surface area contributed by atoms with Crippen molar-refractivity contribution in [1.82, 2.24) is 0 Å². The van der Waals surface area contributed by atoms with E-state index in [4.69, 9.17) is 9.84 Å². The summed E-state index contributed by atoms with van der Waals surface area (Å²) in [6.45, 7) is 3.33. The molecule has 1 aromatic rings. The molecular formula is C13H16O2. The van der Waals surface area contributed by atoms with Gasteiger partial charge in [0.25, 0.3) is 0 Å². The van der Waals surface area contributed by atoms with E-state index in [-0.39, 0.29) is 6.61 Å². The fourth-order valence-electron chi connectivity index (χ4n) is 1.23. The fraction of sp³-hybridized carbons (Fsp3) is 0.385. The molecule has 2 nitrogen and oxygen atoms in total. The molecule has 1 rings (SSSR count). The highest BCUT2D eigenvalue weighted by atomic mass is 16.5. The van der Waals surface area contributed by atoms with Crippen molar-refractivity contribution in [2.24, 2.45) is 0 Å². The van der Waals surface area contributed by atoms with E-state index in [0.717, 1.165) is 24.2 Å². The second-order valence-corrected chi connectivity index (χ2v) is 3.17. The largest absolute Gasteiger partial charge is 0.384 e. The number of ether oxygens (including phenoxy) is 1. The fourth-order valence-corrected chi connectivity index (χ4v) is 1.23. The molecule has 0 saturated heterocycles. The second kappa shape index (κ2) is 7.05. The van der Waals surface area contributed by atoms with Gasteiger partial charge in [-0.2, -0.15) is 0 Å². The smallest absolute Gasteiger partial charge is 0.104 e. The van der Waals surface area contributed by atoms with Gasteiger partial charge in [-0.05, 0) is 18.1 Å². The normalized spacial score (nSPS) is 9.47. The zero-order chi connectivity index (χ0) is 10.9. The Morgan fingerprint density at radius 3 is 2.87 bits per heavy atom. The molecule has 15 heavy (non-hydrogen) atoms. The maximum atomic E-state index is 8.63. The van der Waals surface area contributed by atoms with E-state index in [1.165, 1.54) is 0 Å². The molecule has 0 amide bonds. The van der Waals surface area contributed by atoms with Crippen LogP contribution in [-0.4, -0.2) is 18.3 Å². The number of hydrogen-bond donors (Lipinski definition) is 1. The minimum atomic E-state index is -0.107. The topological polar surface area (TPSA) is 29.5 Å². The summed E-state index contributed by atoms with van der Waals surface area (Å²) in [6.07, 6.45) is 1.02. The Morgan fingerprint density at radius 1 is 1.33 bits per heavy atom. The van der Waals surface area contributed by atoms with E-state index in [0.29, 0.717) is 6.61 Å². The molecule has 0 bridgehead atoms. The zero-order valence-electron chi connectivity index (χ0n) is 8.99. The summed E-state index contributed by atoms with van der Waals surface area (Å²) in [7, 11) is 0. The predicted octanol–water partition coefficient (Wildman–Crippen LogP) is 1.96. The summed E-state index contributed by atoms with van der Waals surface area (Å²) in [6, 6.07) is 7.84. The first-order chi connectivity index (χ1) is 7.38. The van der Waals surface area contributed by atoms with Gasteiger partial charge >= 0.3 is 0 Å². The van der Waals surface area contributed by atoms with Crippen molar-refractivity contribution >= 4 is 0 Å². The van der Waals surface area contributed by atoms with Crippen LogP contribution >= 0.6 is 0 Å². The van der Waals surface area contributed by atoms with Gasteiger partial charge in [-0.25, -0.2) is 0 Å². The van der Waals surface area contributed by atoms with E-state index < -0.39 is 0 Å². The molecule has 1 N–H and O–H groups in total. The van der Waals surface area contributed by atoms with Gasteiger partial charge in [0.1, 0.15) is 6.61 Å². The quantitative estimate of drug-likeness (QED) is 0.600. The number of aliphatic hydroxyl groups excluding tert-OH is 1. The molecule has 0 atom stereocenters. The van der Waals surface area contributed by atoms with Crippen LogP contribution in [-0.2, 0) is 11.3 Å². The summed E-state index contributed by atoms with van der Waals surface area (Å²) in [5, 5.41) is 8.63. The first kappa shape index (κ1) is 11.8. The Morgan fingerprint density at radius 2 is 2.13 bits per heavy atom. The maximum absolute atomic E-state index is 8.63. The molecule has 0 fully saturated rings. The van der Waals surface area contributed by atoms with Crippen LogP contribution in [0.3, 0.4) is 0 Å². The van der Waals surface area contributed by atoms with Crippen molar-refractivity contribution in [2.45, 2.75) is 20.0 Å². The highest BCUT2D eigenvalue weighted by Gasteiger charge is 1.98. The molecule has 0 spiro atoms. The Hall–Kier alpha value is -1.30. The van der Waals surface area contributed by atoms with Crippen molar-refractivity contribution in [2.75, 3.05) is 13.2 Å². The minimum Gasteiger partial charge on any atom is -0.384 e. The summed E-state index contributed by atoms with van der Waals surface area (Å²) in [5.41, 5.74) is 2.01. The third-order valence-corrected chi connectivity index (χ3v) is 1.93. The van der Waals surface area contributed by atoms with Gasteiger partial charge in [0.05, 0.1) is 6.61 Å². The Kier molecular flexibility index (Phi) is 5.54. The number of hydrogen-bond acceptors (Lipinski definition) is 2. The lowest BCUT2D eigenvalue weighted by molar-refractivity contribution is 0.121. The third-order valence-electron chi connectivity index (χ3n) is 1.93. The first-order valence-electron chi connectivity index (χ1n) is 5.14. The van der Waals surface area contributed by atoms with Crippen LogP contribution in [0.25, 0.3) is 0 Å². The van der Waals surface area contributed by atoms with Gasteiger partial charge in [-0.3, -0.25) is 0 Å². The van der Waals surface area contributed by atoms with Crippen LogP contribution in [0.5, 0.6) is 0 Å². The molecule has 0 saturated carbocycles. The highest BCUT2D eigenvalue weighted by Crippen LogP contribution is 2.08. The minimum absolute atomic E-state index is 0.107. The van der Waals surface area contributed by atoms with Crippen molar-refractivity contribution in [3.8, 4) is 11.8 Å². The van der Waals surface area contributed by atoms with Crippen molar-refractivity contribution in [3.63, 3.8) is 0 Å². The van der Waals surface area contributed by atoms with E-state index >= 15 is 0 Å². The van der Waals surface area contributed by atoms with Crippen LogP contribution in [0, 0.1) is 11.8 Å². The van der Waals surface area contributed by atoms with Crippen molar-refractivity contribution in [3.05, 3.63) is 35.4 Å². The molecule has 0 aromatic heterocycles. The molecule has 0 aliphatic heterocycles. The van der Waals surface area contributed by atoms with E-state index in [9.17, 15) is 0 Å². The molecule has 0 aliphatic rings. The summed E-state index contributed by atoms with van der Waals surface area (Å²) < 4.78 is 5.46. The number of rotatable bonds is 4. The molecule has 0 aliphatic carbocycles. The average molecular weight is 204 g/mol. The molecular weight excluding hydrogens is 188 g/mol. The van der Waals surface area contributed by atoms with Crippen molar-refractivity contribution < 1.29 is 9.84 Å². The zero-order valence-corrected chi connectivity index (χ0v) is 8.99. The lowest BCUT2D eigenvalue weighted by Crippen LogP contribution is -1.96.